The summed E-state index contributed by atoms with van der Waals surface area (Å²) >= 11 is 6.00. The van der Waals surface area contributed by atoms with Crippen molar-refractivity contribution in [2.45, 2.75) is 13.5 Å². The second-order valence-electron chi connectivity index (χ2n) is 5.46. The van der Waals surface area contributed by atoms with Gasteiger partial charge < -0.3 is 14.8 Å². The lowest BCUT2D eigenvalue weighted by Gasteiger charge is -2.09. The number of carboxylic acids is 1. The maximum atomic E-state index is 11.0. The summed E-state index contributed by atoms with van der Waals surface area (Å²) in [7, 11) is 0. The van der Waals surface area contributed by atoms with Gasteiger partial charge in [-0.3, -0.25) is 0 Å². The van der Waals surface area contributed by atoms with Crippen LogP contribution in [0.15, 0.2) is 59.0 Å². The van der Waals surface area contributed by atoms with Gasteiger partial charge >= 0.3 is 5.97 Å². The Kier molecular flexibility index (Phi) is 4.58. The monoisotopic (exact) mass is 341 g/mol. The highest BCUT2D eigenvalue weighted by Gasteiger charge is 2.08. The Bertz CT molecular complexity index is 886. The third-order valence-electron chi connectivity index (χ3n) is 3.70. The average molecular weight is 342 g/mol. The highest BCUT2D eigenvalue weighted by molar-refractivity contribution is 6.30. The molecule has 3 rings (SSSR count). The third-order valence-corrected chi connectivity index (χ3v) is 3.93. The summed E-state index contributed by atoms with van der Waals surface area (Å²) < 4.78 is 5.83. The number of anilines is 1. The summed E-state index contributed by atoms with van der Waals surface area (Å²) in [5.74, 6) is 0.612. The Labute approximate surface area is 144 Å². The normalized spacial score (nSPS) is 10.6. The van der Waals surface area contributed by atoms with E-state index in [1.165, 1.54) is 0 Å². The number of carboxylic acid groups (broad SMARTS) is 1. The molecular formula is C19H16ClNO3. The van der Waals surface area contributed by atoms with E-state index >= 15 is 0 Å². The molecule has 0 bridgehead atoms. The molecule has 0 aliphatic carbocycles. The second kappa shape index (κ2) is 6.81. The van der Waals surface area contributed by atoms with Gasteiger partial charge in [0.2, 0.25) is 0 Å². The topological polar surface area (TPSA) is 62.5 Å². The van der Waals surface area contributed by atoms with Crippen molar-refractivity contribution < 1.29 is 14.3 Å². The van der Waals surface area contributed by atoms with Crippen molar-refractivity contribution in [3.63, 3.8) is 0 Å². The minimum Gasteiger partial charge on any atom is -0.478 e. The van der Waals surface area contributed by atoms with Crippen LogP contribution in [0.3, 0.4) is 0 Å². The largest absolute Gasteiger partial charge is 0.478 e. The molecule has 0 saturated heterocycles. The Morgan fingerprint density at radius 1 is 1.17 bits per heavy atom. The molecule has 2 aromatic carbocycles. The standard InChI is InChI=1S/C19H16ClNO3/c1-12-9-14(19(22)23)5-7-17(12)21-11-16-6-8-18(24-16)13-3-2-4-15(20)10-13/h2-10,21H,11H2,1H3,(H,22,23). The first-order chi connectivity index (χ1) is 11.5. The van der Waals surface area contributed by atoms with E-state index in [4.69, 9.17) is 21.1 Å². The van der Waals surface area contributed by atoms with Crippen molar-refractivity contribution in [3.05, 3.63) is 76.5 Å². The summed E-state index contributed by atoms with van der Waals surface area (Å²) in [4.78, 5) is 11.0. The van der Waals surface area contributed by atoms with Crippen LogP contribution in [0.25, 0.3) is 11.3 Å². The molecule has 0 radical (unpaired) electrons. The minimum atomic E-state index is -0.929. The first-order valence-electron chi connectivity index (χ1n) is 7.45. The molecule has 0 unspecified atom stereocenters. The molecule has 0 amide bonds. The van der Waals surface area contributed by atoms with Gasteiger partial charge in [-0.1, -0.05) is 23.7 Å². The zero-order valence-electron chi connectivity index (χ0n) is 13.0. The van der Waals surface area contributed by atoms with E-state index < -0.39 is 5.97 Å². The van der Waals surface area contributed by atoms with Gasteiger partial charge in [-0.25, -0.2) is 4.79 Å². The summed E-state index contributed by atoms with van der Waals surface area (Å²) in [5.41, 5.74) is 2.95. The minimum absolute atomic E-state index is 0.277. The number of halogens is 1. The van der Waals surface area contributed by atoms with Crippen molar-refractivity contribution >= 4 is 23.3 Å². The van der Waals surface area contributed by atoms with Crippen LogP contribution in [0.4, 0.5) is 5.69 Å². The first-order valence-corrected chi connectivity index (χ1v) is 7.83. The lowest BCUT2D eigenvalue weighted by molar-refractivity contribution is 0.0697. The quantitative estimate of drug-likeness (QED) is 0.668. The molecule has 0 aliphatic rings. The van der Waals surface area contributed by atoms with Crippen LogP contribution in [0.1, 0.15) is 21.7 Å². The number of carbonyl (C=O) groups is 1. The Hall–Kier alpha value is -2.72. The van der Waals surface area contributed by atoms with E-state index in [2.05, 4.69) is 5.32 Å². The fourth-order valence-electron chi connectivity index (χ4n) is 2.45. The summed E-state index contributed by atoms with van der Waals surface area (Å²) in [5, 5.41) is 12.9. The number of hydrogen-bond acceptors (Lipinski definition) is 3. The maximum absolute atomic E-state index is 11.0. The highest BCUT2D eigenvalue weighted by atomic mass is 35.5. The van der Waals surface area contributed by atoms with E-state index in [9.17, 15) is 4.79 Å². The van der Waals surface area contributed by atoms with Gasteiger partial charge in [0.1, 0.15) is 11.5 Å². The van der Waals surface area contributed by atoms with Gasteiger partial charge in [0, 0.05) is 16.3 Å². The Balaban J connectivity index is 1.71. The van der Waals surface area contributed by atoms with E-state index in [1.807, 2.05) is 43.3 Å². The molecule has 0 saturated carbocycles. The fraction of sp³-hybridized carbons (Fsp3) is 0.105. The van der Waals surface area contributed by atoms with E-state index in [0.717, 1.165) is 28.3 Å². The van der Waals surface area contributed by atoms with Gasteiger partial charge in [0.15, 0.2) is 0 Å². The number of hydrogen-bond donors (Lipinski definition) is 2. The summed E-state index contributed by atoms with van der Waals surface area (Å²) in [6, 6.07) is 16.3. The number of rotatable bonds is 5. The molecule has 0 aliphatic heterocycles. The van der Waals surface area contributed by atoms with Crippen molar-refractivity contribution in [3.8, 4) is 11.3 Å². The maximum Gasteiger partial charge on any atom is 0.335 e. The van der Waals surface area contributed by atoms with Crippen molar-refractivity contribution in [1.82, 2.24) is 0 Å². The summed E-state index contributed by atoms with van der Waals surface area (Å²) in [6.45, 7) is 2.38. The molecule has 2 N–H and O–H groups in total. The van der Waals surface area contributed by atoms with Crippen LogP contribution in [-0.2, 0) is 6.54 Å². The zero-order chi connectivity index (χ0) is 17.1. The first kappa shape index (κ1) is 16.1. The third kappa shape index (κ3) is 3.60. The van der Waals surface area contributed by atoms with Gasteiger partial charge in [-0.15, -0.1) is 0 Å². The molecule has 24 heavy (non-hydrogen) atoms. The molecule has 5 heteroatoms. The van der Waals surface area contributed by atoms with Gasteiger partial charge in [-0.2, -0.15) is 0 Å². The number of aryl methyl sites for hydroxylation is 1. The molecule has 1 heterocycles. The fourth-order valence-corrected chi connectivity index (χ4v) is 2.64. The highest BCUT2D eigenvalue weighted by Crippen LogP contribution is 2.25. The molecule has 1 aromatic heterocycles. The van der Waals surface area contributed by atoms with Crippen molar-refractivity contribution in [2.24, 2.45) is 0 Å². The van der Waals surface area contributed by atoms with E-state index in [-0.39, 0.29) is 5.56 Å². The van der Waals surface area contributed by atoms with Crippen LogP contribution >= 0.6 is 11.6 Å². The van der Waals surface area contributed by atoms with Crippen LogP contribution in [0, 0.1) is 6.92 Å². The van der Waals surface area contributed by atoms with Crippen molar-refractivity contribution in [2.75, 3.05) is 5.32 Å². The summed E-state index contributed by atoms with van der Waals surface area (Å²) in [6.07, 6.45) is 0. The van der Waals surface area contributed by atoms with Crippen LogP contribution < -0.4 is 5.32 Å². The van der Waals surface area contributed by atoms with Crippen LogP contribution in [0.5, 0.6) is 0 Å². The number of nitrogens with one attached hydrogen (secondary N) is 1. The number of benzene rings is 2. The molecule has 0 fully saturated rings. The Morgan fingerprint density at radius 2 is 2.00 bits per heavy atom. The Morgan fingerprint density at radius 3 is 2.71 bits per heavy atom. The number of furan rings is 1. The average Bonchev–Trinajstić information content (AvgIpc) is 3.02. The predicted octanol–water partition coefficient (Wildman–Crippen LogP) is 5.22. The second-order valence-corrected chi connectivity index (χ2v) is 5.90. The lowest BCUT2D eigenvalue weighted by atomic mass is 10.1. The van der Waals surface area contributed by atoms with Gasteiger partial charge in [0.05, 0.1) is 12.1 Å². The zero-order valence-corrected chi connectivity index (χ0v) is 13.8. The predicted molar refractivity (Wildman–Crippen MR) is 94.6 cm³/mol. The molecular weight excluding hydrogens is 326 g/mol. The molecule has 122 valence electrons. The molecule has 0 atom stereocenters. The van der Waals surface area contributed by atoms with Crippen LogP contribution in [-0.4, -0.2) is 11.1 Å². The van der Waals surface area contributed by atoms with Crippen LogP contribution in [0.2, 0.25) is 5.02 Å². The smallest absolute Gasteiger partial charge is 0.335 e. The van der Waals surface area contributed by atoms with Gasteiger partial charge in [0.25, 0.3) is 0 Å². The SMILES string of the molecule is Cc1cc(C(=O)O)ccc1NCc1ccc(-c2cccc(Cl)c2)o1. The molecule has 4 nitrogen and oxygen atoms in total. The molecule has 0 spiro atoms. The van der Waals surface area contributed by atoms with E-state index in [1.54, 1.807) is 18.2 Å². The number of aromatic carboxylic acids is 1. The van der Waals surface area contributed by atoms with E-state index in [0.29, 0.717) is 11.6 Å². The lowest BCUT2D eigenvalue weighted by Crippen LogP contribution is -2.02. The van der Waals surface area contributed by atoms with Gasteiger partial charge in [-0.05, 0) is 55.0 Å². The molecule has 3 aromatic rings. The van der Waals surface area contributed by atoms with Crippen molar-refractivity contribution in [1.29, 1.82) is 0 Å².